The summed E-state index contributed by atoms with van der Waals surface area (Å²) in [5, 5.41) is 8.27. The largest absolute Gasteiger partial charge is 0.438 e. The number of hydrogen-bond donors (Lipinski definition) is 4. The van der Waals surface area contributed by atoms with Crippen LogP contribution >= 0.6 is 7.60 Å². The number of rotatable bonds is 33. The molecule has 0 saturated carbocycles. The Hall–Kier alpha value is -8.06. The summed E-state index contributed by atoms with van der Waals surface area (Å²) < 4.78 is 87.4. The number of benzene rings is 4. The fraction of sp³-hybridized carbons (Fsp3) is 0.514. The van der Waals surface area contributed by atoms with Gasteiger partial charge in [0.05, 0.1) is 58.5 Å². The minimum Gasteiger partial charge on any atom is -0.438 e. The van der Waals surface area contributed by atoms with Gasteiger partial charge in [-0.3, -0.25) is 66.4 Å². The number of imidazole rings is 1. The van der Waals surface area contributed by atoms with Crippen LogP contribution in [0.1, 0.15) is 163 Å². The summed E-state index contributed by atoms with van der Waals surface area (Å²) in [6, 6.07) is 21.5. The molecule has 2 unspecified atom stereocenters. The Labute approximate surface area is 569 Å². The average Bonchev–Trinajstić information content (AvgIpc) is 1.54. The fourth-order valence-corrected chi connectivity index (χ4v) is 13.3. The maximum atomic E-state index is 16.3. The Kier molecular flexibility index (Phi) is 25.6. The van der Waals surface area contributed by atoms with Crippen molar-refractivity contribution in [3.05, 3.63) is 146 Å². The molecule has 5 N–H and O–H groups in total. The summed E-state index contributed by atoms with van der Waals surface area (Å²) in [7, 11) is -3.92. The highest BCUT2D eigenvalue weighted by Gasteiger charge is 2.56. The highest BCUT2D eigenvalue weighted by Crippen LogP contribution is 2.67. The van der Waals surface area contributed by atoms with E-state index in [1.807, 2.05) is 60.7 Å². The number of aryl methyl sites for hydroxylation is 4. The second-order valence-electron chi connectivity index (χ2n) is 27.3. The van der Waals surface area contributed by atoms with Crippen LogP contribution in [-0.4, -0.2) is 115 Å². The van der Waals surface area contributed by atoms with Gasteiger partial charge in [0.15, 0.2) is 5.78 Å². The van der Waals surface area contributed by atoms with Crippen LogP contribution in [0.2, 0.25) is 0 Å². The van der Waals surface area contributed by atoms with Crippen LogP contribution in [-0.2, 0) is 121 Å². The van der Waals surface area contributed by atoms with Gasteiger partial charge in [-0.25, -0.2) is 4.79 Å². The molecule has 1 fully saturated rings. The number of nitrogens with two attached hydrogens (primary N) is 1. The number of primary amides is 1. The number of carbonyl (C=O) groups excluding carboxylic acids is 8. The first-order valence-electron chi connectivity index (χ1n) is 33.2. The van der Waals surface area contributed by atoms with E-state index < -0.39 is 115 Å². The van der Waals surface area contributed by atoms with Gasteiger partial charge in [-0.15, -0.1) is 0 Å². The first-order valence-corrected chi connectivity index (χ1v) is 34.7. The number of ether oxygens (including phenoxy) is 5. The van der Waals surface area contributed by atoms with Gasteiger partial charge in [0.1, 0.15) is 6.04 Å². The van der Waals surface area contributed by atoms with Crippen LogP contribution in [0.5, 0.6) is 0 Å². The molecule has 4 aromatic carbocycles. The zero-order valence-corrected chi connectivity index (χ0v) is 58.1. The highest BCUT2D eigenvalue weighted by atomic mass is 31.2. The van der Waals surface area contributed by atoms with E-state index in [0.29, 0.717) is 49.5 Å². The van der Waals surface area contributed by atoms with Gasteiger partial charge in [0.25, 0.3) is 0 Å². The lowest BCUT2D eigenvalue weighted by Crippen LogP contribution is -2.49. The molecule has 5 amide bonds. The third-order valence-corrected chi connectivity index (χ3v) is 19.6. The van der Waals surface area contributed by atoms with Gasteiger partial charge in [-0.2, -0.15) is 8.78 Å². The van der Waals surface area contributed by atoms with Crippen LogP contribution in [0.15, 0.2) is 95.8 Å². The number of alkyl halides is 2. The van der Waals surface area contributed by atoms with Crippen molar-refractivity contribution < 1.29 is 84.4 Å². The van der Waals surface area contributed by atoms with Crippen molar-refractivity contribution in [2.45, 2.75) is 175 Å². The van der Waals surface area contributed by atoms with Crippen molar-refractivity contribution in [1.82, 2.24) is 25.1 Å². The van der Waals surface area contributed by atoms with Gasteiger partial charge in [-0.05, 0) is 176 Å². The topological polar surface area (TPSA) is 307 Å². The van der Waals surface area contributed by atoms with Gasteiger partial charge >= 0.3 is 30.9 Å². The van der Waals surface area contributed by atoms with Crippen LogP contribution in [0, 0.1) is 16.7 Å². The molecular weight excluding hydrogens is 1290 g/mol. The van der Waals surface area contributed by atoms with E-state index in [2.05, 4.69) is 16.0 Å². The molecule has 2 aliphatic carbocycles. The van der Waals surface area contributed by atoms with Crippen molar-refractivity contribution in [2.24, 2.45) is 29.5 Å². The smallest absolute Gasteiger partial charge is 0.410 e. The maximum absolute atomic E-state index is 16.3. The number of Topliss-reactive ketones (excluding diaryl/α,β-unsaturated/α-hetero) is 1. The number of amides is 5. The lowest BCUT2D eigenvalue weighted by Gasteiger charge is -2.28. The SMILES string of the molecule is C/C(=C\C(=O)N[C@H]1CCc2cccc3c2C(C1=O)[C@H](C(=O)N[C@@H](CCC(N)=O)[C@@H](C)OCc1ccc(CCCOCCCOCCCc2ccc4c(c2)n(C)c(=O)n4C2CCC(=O)NC2=O)cc1)C3)c1ccc(C(F)(F)P(=O)(OCOC(=O)C(C)(C)C)OCOC(=O)C(C)(C)C)cc1. The first-order chi connectivity index (χ1) is 46.4. The molecule has 1 aromatic heterocycles. The number of aromatic nitrogens is 2. The Balaban J connectivity index is 0.786. The molecule has 8 rings (SSSR count). The number of nitrogens with one attached hydrogen (secondary N) is 3. The molecule has 1 aliphatic heterocycles. The lowest BCUT2D eigenvalue weighted by molar-refractivity contribution is -0.163. The van der Waals surface area contributed by atoms with Crippen molar-refractivity contribution >= 4 is 71.5 Å². The standard InChI is InChI=1S/C72H91F2N6O17P/c1-44(49-23-26-52(27-24-49)72(73,74)98(90,96-42-94-67(87)70(3,4)5)97-43-95-68(88)71(6,7)8)38-61(83)76-55-28-25-50-16-10-17-51-40-53(63(62(50)51)64(55)84)65(85)77-54(29-32-59(75)81)45(2)93-41-48-20-18-46(19-21-48)14-11-34-91-36-13-37-92-35-12-15-47-22-30-56-58(39-47)79(9)69(89)80(56)57-31-33-60(82)78-66(57)86/h10,16-24,26-27,30,38-39,45,53-55,57,63H,11-15,25,28-29,31-37,40-43H2,1-9H3,(H2,75,81)(H,76,83)(H,77,85)(H,78,82,86)/b44-38+/t45-,53-,54+,55+,57?,63?/m1/s1. The van der Waals surface area contributed by atoms with Gasteiger partial charge in [0.2, 0.25) is 43.1 Å². The monoisotopic (exact) mass is 1380 g/mol. The molecule has 2 heterocycles. The van der Waals surface area contributed by atoms with E-state index in [4.69, 9.17) is 38.5 Å². The Morgan fingerprint density at radius 2 is 1.35 bits per heavy atom. The lowest BCUT2D eigenvalue weighted by atomic mass is 9.84. The minimum atomic E-state index is -5.60. The minimum absolute atomic E-state index is 0.0395. The molecule has 0 spiro atoms. The van der Waals surface area contributed by atoms with Gasteiger partial charge in [-0.1, -0.05) is 72.8 Å². The number of nitrogens with zero attached hydrogens (tertiary/aromatic N) is 2. The quantitative estimate of drug-likeness (QED) is 0.00759. The zero-order chi connectivity index (χ0) is 71.3. The number of imide groups is 1. The van der Waals surface area contributed by atoms with E-state index in [0.717, 1.165) is 83.1 Å². The molecule has 5 aromatic rings. The number of hydrogen-bond acceptors (Lipinski definition) is 17. The summed E-state index contributed by atoms with van der Waals surface area (Å²) >= 11 is 0. The molecule has 98 heavy (non-hydrogen) atoms. The predicted molar refractivity (Wildman–Crippen MR) is 359 cm³/mol. The molecule has 3 aliphatic rings. The average molecular weight is 1380 g/mol. The number of allylic oxidation sites excluding steroid dienone is 1. The third-order valence-electron chi connectivity index (χ3n) is 17.8. The molecule has 6 atom stereocenters. The normalized spacial score (nSPS) is 18.2. The Bertz CT molecular complexity index is 3840. The first kappa shape index (κ1) is 75.7. The molecule has 530 valence electrons. The third kappa shape index (κ3) is 19.2. The maximum Gasteiger partial charge on any atom is 0.410 e. The highest BCUT2D eigenvalue weighted by molar-refractivity contribution is 7.54. The zero-order valence-electron chi connectivity index (χ0n) is 57.2. The van der Waals surface area contributed by atoms with Crippen molar-refractivity contribution in [3.63, 3.8) is 0 Å². The fourth-order valence-electron chi connectivity index (χ4n) is 12.1. The summed E-state index contributed by atoms with van der Waals surface area (Å²) in [4.78, 5) is 117. The molecule has 0 radical (unpaired) electrons. The number of carbonyl (C=O) groups is 8. The van der Waals surface area contributed by atoms with Crippen molar-refractivity contribution in [3.8, 4) is 0 Å². The van der Waals surface area contributed by atoms with Gasteiger partial charge in [0, 0.05) is 58.0 Å². The molecule has 26 heteroatoms. The van der Waals surface area contributed by atoms with E-state index in [1.54, 1.807) is 20.9 Å². The van der Waals surface area contributed by atoms with E-state index >= 15 is 8.78 Å². The molecule has 0 bridgehead atoms. The van der Waals surface area contributed by atoms with Crippen LogP contribution in [0.4, 0.5) is 8.78 Å². The molecular formula is C72H91F2N6O17P. The Morgan fingerprint density at radius 1 is 0.755 bits per heavy atom. The van der Waals surface area contributed by atoms with E-state index in [9.17, 15) is 47.7 Å². The van der Waals surface area contributed by atoms with Crippen molar-refractivity contribution in [2.75, 3.05) is 40.0 Å². The van der Waals surface area contributed by atoms with Crippen LogP contribution in [0.3, 0.4) is 0 Å². The van der Waals surface area contributed by atoms with Gasteiger partial charge < -0.3 is 40.1 Å². The Morgan fingerprint density at radius 3 is 1.96 bits per heavy atom. The summed E-state index contributed by atoms with van der Waals surface area (Å²) in [6.45, 7) is 12.6. The predicted octanol–water partition coefficient (Wildman–Crippen LogP) is 9.39. The van der Waals surface area contributed by atoms with Crippen LogP contribution in [0.25, 0.3) is 16.6 Å². The molecule has 1 saturated heterocycles. The second-order valence-corrected chi connectivity index (χ2v) is 29.4. The summed E-state index contributed by atoms with van der Waals surface area (Å²) in [5.41, 5.74) is 5.52. The number of fused-ring (bicyclic) bond motifs is 1. The number of halogens is 2. The van der Waals surface area contributed by atoms with Crippen LogP contribution < -0.4 is 27.4 Å². The second kappa shape index (κ2) is 33.2. The van der Waals surface area contributed by atoms with E-state index in [-0.39, 0.29) is 62.5 Å². The number of esters is 2. The number of ketones is 1. The summed E-state index contributed by atoms with van der Waals surface area (Å²) in [5.74, 6) is -6.24. The van der Waals surface area contributed by atoms with Crippen molar-refractivity contribution in [1.29, 1.82) is 0 Å². The summed E-state index contributed by atoms with van der Waals surface area (Å²) in [6.07, 6.45) is 6.00. The molecule has 23 nitrogen and oxygen atoms in total. The number of piperidine rings is 1. The van der Waals surface area contributed by atoms with E-state index in [1.165, 1.54) is 68.9 Å².